The summed E-state index contributed by atoms with van der Waals surface area (Å²) in [6, 6.07) is 5.96. The quantitative estimate of drug-likeness (QED) is 0.629. The van der Waals surface area contributed by atoms with Gasteiger partial charge in [-0.15, -0.1) is 0 Å². The molecule has 4 N–H and O–H groups in total. The summed E-state index contributed by atoms with van der Waals surface area (Å²) in [6.07, 6.45) is 4.22. The van der Waals surface area contributed by atoms with E-state index >= 15 is 0 Å². The van der Waals surface area contributed by atoms with Gasteiger partial charge in [0.05, 0.1) is 5.52 Å². The molecule has 0 radical (unpaired) electrons. The first-order chi connectivity index (χ1) is 6.86. The van der Waals surface area contributed by atoms with Crippen molar-refractivity contribution in [1.82, 2.24) is 4.98 Å². The zero-order valence-corrected chi connectivity index (χ0v) is 7.88. The summed E-state index contributed by atoms with van der Waals surface area (Å²) in [5.41, 5.74) is 8.71. The Morgan fingerprint density at radius 3 is 3.00 bits per heavy atom. The number of hydrogen-bond acceptors (Lipinski definition) is 2. The first-order valence-electron chi connectivity index (χ1n) is 4.66. The fourth-order valence-electron chi connectivity index (χ4n) is 1.72. The molecule has 0 atom stereocenters. The van der Waals surface area contributed by atoms with E-state index in [1.165, 1.54) is 17.2 Å². The highest BCUT2D eigenvalue weighted by Gasteiger charge is 2.04. The van der Waals surface area contributed by atoms with Gasteiger partial charge in [-0.2, -0.15) is 0 Å². The Labute approximate surface area is 82.4 Å². The smallest absolute Gasteiger partial charge is 0.0545 e. The Hall–Kier alpha value is -1.61. The average Bonchev–Trinajstić information content (AvgIpc) is 2.62. The Morgan fingerprint density at radius 2 is 2.29 bits per heavy atom. The van der Waals surface area contributed by atoms with Crippen molar-refractivity contribution >= 4 is 17.1 Å². The van der Waals surface area contributed by atoms with Crippen LogP contribution in [0.3, 0.4) is 0 Å². The average molecular weight is 187 g/mol. The third-order valence-electron chi connectivity index (χ3n) is 2.40. The van der Waals surface area contributed by atoms with Gasteiger partial charge in [0.2, 0.25) is 0 Å². The zero-order chi connectivity index (χ0) is 9.97. The molecule has 3 nitrogen and oxygen atoms in total. The van der Waals surface area contributed by atoms with E-state index in [0.717, 1.165) is 17.5 Å². The van der Waals surface area contributed by atoms with E-state index in [2.05, 4.69) is 11.1 Å². The number of hydrogen-bond donors (Lipinski definition) is 3. The van der Waals surface area contributed by atoms with Crippen molar-refractivity contribution in [2.75, 3.05) is 6.54 Å². The summed E-state index contributed by atoms with van der Waals surface area (Å²) in [6.45, 7) is 0.655. The van der Waals surface area contributed by atoms with Crippen LogP contribution in [0.5, 0.6) is 0 Å². The largest absolute Gasteiger partial charge is 0.360 e. The summed E-state index contributed by atoms with van der Waals surface area (Å²) in [4.78, 5) is 3.19. The molecular formula is C11H13N3. The summed E-state index contributed by atoms with van der Waals surface area (Å²) in [5.74, 6) is 0. The molecule has 2 aromatic rings. The van der Waals surface area contributed by atoms with Crippen molar-refractivity contribution in [1.29, 1.82) is 5.41 Å². The summed E-state index contributed by atoms with van der Waals surface area (Å²) < 4.78 is 0. The summed E-state index contributed by atoms with van der Waals surface area (Å²) in [7, 11) is 0. The molecule has 1 aromatic carbocycles. The molecule has 1 aromatic heterocycles. The molecule has 0 saturated heterocycles. The van der Waals surface area contributed by atoms with Gasteiger partial charge in [0.15, 0.2) is 0 Å². The Balaban J connectivity index is 2.63. The molecule has 14 heavy (non-hydrogen) atoms. The van der Waals surface area contributed by atoms with Gasteiger partial charge < -0.3 is 16.1 Å². The third-order valence-corrected chi connectivity index (χ3v) is 2.40. The molecule has 0 aliphatic carbocycles. The fraction of sp³-hybridized carbons (Fsp3) is 0.182. The van der Waals surface area contributed by atoms with Gasteiger partial charge in [-0.05, 0) is 18.5 Å². The lowest BCUT2D eigenvalue weighted by atomic mass is 10.1. The van der Waals surface area contributed by atoms with E-state index in [-0.39, 0.29) is 0 Å². The second-order valence-electron chi connectivity index (χ2n) is 3.27. The Bertz CT molecular complexity index is 457. The lowest BCUT2D eigenvalue weighted by Crippen LogP contribution is -2.01. The molecule has 1 heterocycles. The zero-order valence-electron chi connectivity index (χ0n) is 7.88. The highest BCUT2D eigenvalue weighted by atomic mass is 14.7. The topological polar surface area (TPSA) is 65.7 Å². The van der Waals surface area contributed by atoms with Crippen molar-refractivity contribution in [3.63, 3.8) is 0 Å². The van der Waals surface area contributed by atoms with Crippen LogP contribution in [-0.2, 0) is 6.42 Å². The monoisotopic (exact) mass is 187 g/mol. The molecule has 0 aliphatic rings. The van der Waals surface area contributed by atoms with Crippen LogP contribution in [0.4, 0.5) is 0 Å². The Kier molecular flexibility index (Phi) is 2.33. The van der Waals surface area contributed by atoms with Crippen molar-refractivity contribution in [3.05, 3.63) is 35.5 Å². The standard InChI is InChI=1S/C11H13N3/c12-5-4-9-7-14-11-8(6-13)2-1-3-10(9)11/h1-3,6-7,13-14H,4-5,12H2. The van der Waals surface area contributed by atoms with Crippen LogP contribution >= 0.6 is 0 Å². The highest BCUT2D eigenvalue weighted by molar-refractivity contribution is 5.98. The van der Waals surface area contributed by atoms with E-state index in [1.54, 1.807) is 0 Å². The predicted molar refractivity (Wildman–Crippen MR) is 58.9 cm³/mol. The first kappa shape index (κ1) is 8.97. The highest BCUT2D eigenvalue weighted by Crippen LogP contribution is 2.20. The van der Waals surface area contributed by atoms with Crippen LogP contribution in [0.1, 0.15) is 11.1 Å². The van der Waals surface area contributed by atoms with Crippen LogP contribution in [0.15, 0.2) is 24.4 Å². The molecule has 0 unspecified atom stereocenters. The van der Waals surface area contributed by atoms with E-state index in [1.807, 2.05) is 18.3 Å². The number of aromatic nitrogens is 1. The normalized spacial score (nSPS) is 10.6. The van der Waals surface area contributed by atoms with Gasteiger partial charge >= 0.3 is 0 Å². The molecular weight excluding hydrogens is 174 g/mol. The number of H-pyrrole nitrogens is 1. The van der Waals surface area contributed by atoms with E-state index in [4.69, 9.17) is 11.1 Å². The maximum Gasteiger partial charge on any atom is 0.0545 e. The van der Waals surface area contributed by atoms with Crippen LogP contribution in [-0.4, -0.2) is 17.7 Å². The van der Waals surface area contributed by atoms with Crippen LogP contribution in [0.2, 0.25) is 0 Å². The van der Waals surface area contributed by atoms with E-state index in [0.29, 0.717) is 6.54 Å². The molecule has 0 spiro atoms. The van der Waals surface area contributed by atoms with E-state index < -0.39 is 0 Å². The molecule has 3 heteroatoms. The van der Waals surface area contributed by atoms with Crippen molar-refractivity contribution in [2.45, 2.75) is 6.42 Å². The van der Waals surface area contributed by atoms with Crippen LogP contribution in [0.25, 0.3) is 10.9 Å². The molecule has 0 saturated carbocycles. The number of rotatable bonds is 3. The van der Waals surface area contributed by atoms with Gasteiger partial charge in [-0.3, -0.25) is 0 Å². The van der Waals surface area contributed by atoms with Gasteiger partial charge in [0, 0.05) is 23.4 Å². The molecule has 2 rings (SSSR count). The number of nitrogens with one attached hydrogen (secondary N) is 2. The lowest BCUT2D eigenvalue weighted by molar-refractivity contribution is 0.976. The molecule has 0 bridgehead atoms. The minimum atomic E-state index is 0.655. The summed E-state index contributed by atoms with van der Waals surface area (Å²) in [5, 5.41) is 8.44. The minimum absolute atomic E-state index is 0.655. The number of benzene rings is 1. The van der Waals surface area contributed by atoms with E-state index in [9.17, 15) is 0 Å². The van der Waals surface area contributed by atoms with Crippen molar-refractivity contribution in [2.24, 2.45) is 5.73 Å². The first-order valence-corrected chi connectivity index (χ1v) is 4.66. The predicted octanol–water partition coefficient (Wildman–Crippen LogP) is 1.67. The molecule has 0 aliphatic heterocycles. The number of para-hydroxylation sites is 1. The van der Waals surface area contributed by atoms with Crippen LogP contribution in [0, 0.1) is 5.41 Å². The number of nitrogens with two attached hydrogens (primary N) is 1. The number of aromatic amines is 1. The van der Waals surface area contributed by atoms with Gasteiger partial charge in [-0.25, -0.2) is 0 Å². The Morgan fingerprint density at radius 1 is 1.43 bits per heavy atom. The minimum Gasteiger partial charge on any atom is -0.360 e. The second kappa shape index (κ2) is 3.64. The van der Waals surface area contributed by atoms with Gasteiger partial charge in [0.1, 0.15) is 0 Å². The molecule has 0 amide bonds. The van der Waals surface area contributed by atoms with Crippen molar-refractivity contribution < 1.29 is 0 Å². The molecule has 0 fully saturated rings. The van der Waals surface area contributed by atoms with Crippen LogP contribution < -0.4 is 5.73 Å². The number of fused-ring (bicyclic) bond motifs is 1. The molecule has 72 valence electrons. The maximum atomic E-state index is 7.27. The second-order valence-corrected chi connectivity index (χ2v) is 3.27. The fourth-order valence-corrected chi connectivity index (χ4v) is 1.72. The van der Waals surface area contributed by atoms with Crippen molar-refractivity contribution in [3.8, 4) is 0 Å². The summed E-state index contributed by atoms with van der Waals surface area (Å²) >= 11 is 0. The lowest BCUT2D eigenvalue weighted by Gasteiger charge is -1.97. The van der Waals surface area contributed by atoms with Gasteiger partial charge in [0.25, 0.3) is 0 Å². The maximum absolute atomic E-state index is 7.27. The third kappa shape index (κ3) is 1.32. The van der Waals surface area contributed by atoms with Gasteiger partial charge in [-0.1, -0.05) is 18.2 Å². The SMILES string of the molecule is N=Cc1cccc2c(CCN)c[nH]c12.